The van der Waals surface area contributed by atoms with E-state index in [2.05, 4.69) is 33.7 Å². The van der Waals surface area contributed by atoms with Gasteiger partial charge >= 0.3 is 5.97 Å². The quantitative estimate of drug-likeness (QED) is 0.257. The van der Waals surface area contributed by atoms with Crippen LogP contribution in [0.5, 0.6) is 0 Å². The Kier molecular flexibility index (Phi) is 9.82. The topological polar surface area (TPSA) is 26.3 Å². The highest BCUT2D eigenvalue weighted by molar-refractivity contribution is 6.76. The van der Waals surface area contributed by atoms with Crippen LogP contribution in [0.15, 0.2) is 0 Å². The van der Waals surface area contributed by atoms with Crippen molar-refractivity contribution in [1.82, 2.24) is 0 Å². The highest BCUT2D eigenvalue weighted by Gasteiger charge is 2.18. The number of esters is 1. The van der Waals surface area contributed by atoms with E-state index in [9.17, 15) is 4.79 Å². The molecule has 5 heteroatoms. The molecule has 0 aromatic rings. The third-order valence-electron chi connectivity index (χ3n) is 2.69. The van der Waals surface area contributed by atoms with Gasteiger partial charge < -0.3 is 33.2 Å². The number of quaternary nitrogens is 1. The second-order valence-corrected chi connectivity index (χ2v) is 12.0. The fourth-order valence-corrected chi connectivity index (χ4v) is 2.80. The summed E-state index contributed by atoms with van der Waals surface area (Å²) in [6.07, 6.45) is 1.28. The Hall–Kier alpha value is 0.377. The van der Waals surface area contributed by atoms with Gasteiger partial charge in [0.1, 0.15) is 13.2 Å². The van der Waals surface area contributed by atoms with E-state index < -0.39 is 8.07 Å². The molecule has 0 unspecified atom stereocenters. The van der Waals surface area contributed by atoms with E-state index in [4.69, 9.17) is 4.74 Å². The van der Waals surface area contributed by atoms with E-state index >= 15 is 0 Å². The molecule has 0 aromatic carbocycles. The third kappa shape index (κ3) is 14.3. The maximum Gasteiger partial charge on any atom is 0.302 e. The predicted octanol–water partition coefficient (Wildman–Crippen LogP) is -0.642. The van der Waals surface area contributed by atoms with Crippen LogP contribution in [0.3, 0.4) is 0 Å². The first-order valence-corrected chi connectivity index (χ1v) is 9.78. The molecule has 0 bridgehead atoms. The minimum absolute atomic E-state index is 0. The lowest BCUT2D eigenvalue weighted by Crippen LogP contribution is -3.00. The molecule has 0 aliphatic carbocycles. The first-order valence-electron chi connectivity index (χ1n) is 6.08. The van der Waals surface area contributed by atoms with Gasteiger partial charge in [0.05, 0.1) is 20.6 Å². The summed E-state index contributed by atoms with van der Waals surface area (Å²) >= 11 is 0. The fourth-order valence-electron chi connectivity index (χ4n) is 1.59. The Balaban J connectivity index is 0. The van der Waals surface area contributed by atoms with Crippen molar-refractivity contribution < 1.29 is 38.0 Å². The zero-order valence-electron chi connectivity index (χ0n) is 12.2. The summed E-state index contributed by atoms with van der Waals surface area (Å²) in [7, 11) is 3.50. The van der Waals surface area contributed by atoms with Crippen LogP contribution in [-0.2, 0) is 9.53 Å². The highest BCUT2D eigenvalue weighted by atomic mass is 127. The Morgan fingerprint density at radius 3 is 2.12 bits per heavy atom. The summed E-state index contributed by atoms with van der Waals surface area (Å²) in [5.74, 6) is -0.179. The van der Waals surface area contributed by atoms with Crippen LogP contribution in [-0.4, -0.2) is 52.3 Å². The van der Waals surface area contributed by atoms with E-state index in [-0.39, 0.29) is 29.9 Å². The average Bonchev–Trinajstić information content (AvgIpc) is 1.99. The summed E-state index contributed by atoms with van der Waals surface area (Å²) in [5, 5.41) is 0. The molecule has 104 valence electrons. The van der Waals surface area contributed by atoms with Gasteiger partial charge in [0.2, 0.25) is 0 Å². The van der Waals surface area contributed by atoms with E-state index in [1.807, 2.05) is 0 Å². The lowest BCUT2D eigenvalue weighted by atomic mass is 10.3. The van der Waals surface area contributed by atoms with Gasteiger partial charge in [-0.15, -0.1) is 0 Å². The largest absolute Gasteiger partial charge is 1.00 e. The zero-order chi connectivity index (χ0) is 12.8. The molecule has 0 rings (SSSR count). The summed E-state index contributed by atoms with van der Waals surface area (Å²) in [4.78, 5) is 10.7. The second-order valence-electron chi connectivity index (χ2n) is 6.39. The van der Waals surface area contributed by atoms with E-state index in [1.165, 1.54) is 25.9 Å². The maximum absolute atomic E-state index is 10.7. The molecule has 0 saturated heterocycles. The van der Waals surface area contributed by atoms with Crippen LogP contribution in [0.2, 0.25) is 25.7 Å². The Bertz CT molecular complexity index is 227. The van der Waals surface area contributed by atoms with E-state index in [0.717, 1.165) is 11.0 Å². The standard InChI is InChI=1S/C12H28NO2Si.HI/c1-12(14)15-10-9-13(2,3)8-7-11-16(4,5)6;/h7-11H2,1-6H3;1H/q+1;/p-1. The molecular formula is C12H28INO2Si. The number of nitrogens with zero attached hydrogens (tertiary/aromatic N) is 1. The van der Waals surface area contributed by atoms with Crippen molar-refractivity contribution in [2.75, 3.05) is 33.8 Å². The molecule has 0 fully saturated rings. The molecule has 0 aliphatic rings. The van der Waals surface area contributed by atoms with Crippen molar-refractivity contribution in [2.45, 2.75) is 39.0 Å². The molecule has 0 heterocycles. The first-order chi connectivity index (χ1) is 7.12. The predicted molar refractivity (Wildman–Crippen MR) is 71.2 cm³/mol. The number of carbonyl (C=O) groups excluding carboxylic acids is 1. The summed E-state index contributed by atoms with van der Waals surface area (Å²) in [6.45, 7) is 11.3. The van der Waals surface area contributed by atoms with Crippen molar-refractivity contribution in [3.63, 3.8) is 0 Å². The molecule has 0 atom stereocenters. The number of halogens is 1. The van der Waals surface area contributed by atoms with Gasteiger partial charge in [-0.1, -0.05) is 25.7 Å². The molecular weight excluding hydrogens is 345 g/mol. The Morgan fingerprint density at radius 2 is 1.71 bits per heavy atom. The SMILES string of the molecule is CC(=O)OCC[N+](C)(C)CCC[Si](C)(C)C.[I-]. The van der Waals surface area contributed by atoms with Crippen LogP contribution < -0.4 is 24.0 Å². The van der Waals surface area contributed by atoms with Crippen molar-refractivity contribution in [1.29, 1.82) is 0 Å². The van der Waals surface area contributed by atoms with Crippen LogP contribution in [0.25, 0.3) is 0 Å². The van der Waals surface area contributed by atoms with Gasteiger partial charge in [-0.3, -0.25) is 4.79 Å². The molecule has 0 aliphatic heterocycles. The molecule has 0 N–H and O–H groups in total. The van der Waals surface area contributed by atoms with Gasteiger partial charge in [0.25, 0.3) is 0 Å². The zero-order valence-corrected chi connectivity index (χ0v) is 15.3. The fraction of sp³-hybridized carbons (Fsp3) is 0.917. The van der Waals surface area contributed by atoms with Gasteiger partial charge in [0.15, 0.2) is 0 Å². The normalized spacial score (nSPS) is 11.9. The molecule has 3 nitrogen and oxygen atoms in total. The average molecular weight is 373 g/mol. The van der Waals surface area contributed by atoms with E-state index in [0.29, 0.717) is 6.61 Å². The van der Waals surface area contributed by atoms with Crippen molar-refractivity contribution >= 4 is 14.0 Å². The number of hydrogen-bond acceptors (Lipinski definition) is 2. The van der Waals surface area contributed by atoms with E-state index in [1.54, 1.807) is 0 Å². The summed E-state index contributed by atoms with van der Waals surface area (Å²) < 4.78 is 5.92. The summed E-state index contributed by atoms with van der Waals surface area (Å²) in [6, 6.07) is 1.38. The molecule has 0 aromatic heterocycles. The Morgan fingerprint density at radius 1 is 1.18 bits per heavy atom. The number of carbonyl (C=O) groups is 1. The highest BCUT2D eigenvalue weighted by Crippen LogP contribution is 2.12. The first kappa shape index (κ1) is 19.7. The van der Waals surface area contributed by atoms with Gasteiger partial charge in [0, 0.05) is 15.0 Å². The van der Waals surface area contributed by atoms with Crippen molar-refractivity contribution in [3.05, 3.63) is 0 Å². The van der Waals surface area contributed by atoms with Crippen LogP contribution in [0.1, 0.15) is 13.3 Å². The van der Waals surface area contributed by atoms with Gasteiger partial charge in [-0.25, -0.2) is 0 Å². The van der Waals surface area contributed by atoms with Crippen LogP contribution in [0.4, 0.5) is 0 Å². The van der Waals surface area contributed by atoms with Crippen LogP contribution in [0, 0.1) is 0 Å². The van der Waals surface area contributed by atoms with Gasteiger partial charge in [-0.05, 0) is 6.42 Å². The lowest BCUT2D eigenvalue weighted by molar-refractivity contribution is -0.890. The molecule has 0 amide bonds. The minimum atomic E-state index is -0.901. The molecule has 0 spiro atoms. The molecule has 0 radical (unpaired) electrons. The summed E-state index contributed by atoms with van der Waals surface area (Å²) in [5.41, 5.74) is 0. The van der Waals surface area contributed by atoms with Crippen molar-refractivity contribution in [3.8, 4) is 0 Å². The monoisotopic (exact) mass is 373 g/mol. The third-order valence-corrected chi connectivity index (χ3v) is 4.55. The smallest absolute Gasteiger partial charge is 0.302 e. The number of rotatable bonds is 7. The lowest BCUT2D eigenvalue weighted by Gasteiger charge is -2.30. The van der Waals surface area contributed by atoms with Crippen molar-refractivity contribution in [2.24, 2.45) is 0 Å². The molecule has 17 heavy (non-hydrogen) atoms. The number of hydrogen-bond donors (Lipinski definition) is 0. The molecule has 0 saturated carbocycles. The van der Waals surface area contributed by atoms with Gasteiger partial charge in [-0.2, -0.15) is 0 Å². The number of likely N-dealkylation sites (N-methyl/N-ethyl adjacent to an activating group) is 1. The van der Waals surface area contributed by atoms with Crippen LogP contribution >= 0.6 is 0 Å². The maximum atomic E-state index is 10.7. The second kappa shape index (κ2) is 8.47. The number of ether oxygens (including phenoxy) is 1. The Labute approximate surface area is 125 Å². The minimum Gasteiger partial charge on any atom is -1.00 e.